The van der Waals surface area contributed by atoms with Gasteiger partial charge in [-0.05, 0) is 24.8 Å². The Kier molecular flexibility index (Phi) is 4.19. The van der Waals surface area contributed by atoms with Crippen molar-refractivity contribution in [2.24, 2.45) is 11.7 Å². The number of hydrogen-bond donors (Lipinski definition) is 1. The number of nitrogens with zero attached hydrogens (tertiary/aromatic N) is 4. The fourth-order valence-corrected chi connectivity index (χ4v) is 4.94. The number of aromatic nitrogens is 2. The quantitative estimate of drug-likeness (QED) is 0.728. The summed E-state index contributed by atoms with van der Waals surface area (Å²) >= 11 is 0. The van der Waals surface area contributed by atoms with Gasteiger partial charge >= 0.3 is 0 Å². The van der Waals surface area contributed by atoms with Crippen LogP contribution in [0.2, 0.25) is 0 Å². The van der Waals surface area contributed by atoms with E-state index in [4.69, 9.17) is 20.2 Å². The van der Waals surface area contributed by atoms with Crippen LogP contribution in [0, 0.1) is 5.92 Å². The normalized spacial score (nSPS) is 32.6. The van der Waals surface area contributed by atoms with Crippen LogP contribution in [0.3, 0.4) is 0 Å². The van der Waals surface area contributed by atoms with Crippen molar-refractivity contribution in [1.82, 2.24) is 14.9 Å². The standard InChI is InChI=1S/C20H27N5O3/c1-24(2)19-22-11-12-5-10-27-20(17(12)23-19)6-8-25(9-7-20)18(26)15-13-3-4-14(28-13)16(15)21/h3-4,11,13-16H,5-10,21H2,1-2H3/t13-,14+,15-,16+/m1/s1. The van der Waals surface area contributed by atoms with Crippen LogP contribution in [-0.4, -0.2) is 72.8 Å². The van der Waals surface area contributed by atoms with Crippen molar-refractivity contribution >= 4 is 11.9 Å². The summed E-state index contributed by atoms with van der Waals surface area (Å²) in [6.45, 7) is 1.95. The lowest BCUT2D eigenvalue weighted by atomic mass is 9.82. The van der Waals surface area contributed by atoms with Crippen LogP contribution in [0.5, 0.6) is 0 Å². The van der Waals surface area contributed by atoms with Crippen LogP contribution >= 0.6 is 0 Å². The van der Waals surface area contributed by atoms with Crippen molar-refractivity contribution in [1.29, 1.82) is 0 Å². The zero-order valence-corrected chi connectivity index (χ0v) is 16.4. The Morgan fingerprint density at radius 2 is 2.04 bits per heavy atom. The first-order valence-electron chi connectivity index (χ1n) is 10.0. The maximum absolute atomic E-state index is 13.1. The number of likely N-dealkylation sites (tertiary alicyclic amines) is 1. The summed E-state index contributed by atoms with van der Waals surface area (Å²) < 4.78 is 12.1. The number of ether oxygens (including phenoxy) is 2. The third-order valence-electron chi connectivity index (χ3n) is 6.55. The van der Waals surface area contributed by atoms with Gasteiger partial charge in [-0.2, -0.15) is 0 Å². The first kappa shape index (κ1) is 18.0. The van der Waals surface area contributed by atoms with Crippen LogP contribution in [0.25, 0.3) is 0 Å². The molecule has 2 bridgehead atoms. The molecule has 28 heavy (non-hydrogen) atoms. The Bertz CT molecular complexity index is 818. The van der Waals surface area contributed by atoms with Crippen molar-refractivity contribution in [3.8, 4) is 0 Å². The van der Waals surface area contributed by atoms with Gasteiger partial charge in [0.1, 0.15) is 5.60 Å². The molecule has 2 fully saturated rings. The van der Waals surface area contributed by atoms with Gasteiger partial charge in [0.2, 0.25) is 11.9 Å². The van der Waals surface area contributed by atoms with Crippen molar-refractivity contribution in [2.45, 2.75) is 43.1 Å². The molecule has 1 spiro atoms. The van der Waals surface area contributed by atoms with Crippen LogP contribution in [0.4, 0.5) is 5.95 Å². The summed E-state index contributed by atoms with van der Waals surface area (Å²) in [6.07, 6.45) is 7.89. The molecule has 1 amide bonds. The average molecular weight is 385 g/mol. The monoisotopic (exact) mass is 385 g/mol. The highest BCUT2D eigenvalue weighted by Gasteiger charge is 2.50. The molecule has 0 aromatic carbocycles. The van der Waals surface area contributed by atoms with E-state index in [0.29, 0.717) is 25.6 Å². The Hall–Kier alpha value is -2.03. The second-order valence-corrected chi connectivity index (χ2v) is 8.41. The molecule has 5 heterocycles. The Labute approximate surface area is 164 Å². The number of fused-ring (bicyclic) bond motifs is 4. The van der Waals surface area contributed by atoms with Gasteiger partial charge in [0.25, 0.3) is 0 Å². The van der Waals surface area contributed by atoms with Crippen molar-refractivity contribution in [3.63, 3.8) is 0 Å². The van der Waals surface area contributed by atoms with Gasteiger partial charge in [-0.1, -0.05) is 12.2 Å². The zero-order chi connectivity index (χ0) is 19.5. The molecular weight excluding hydrogens is 358 g/mol. The van der Waals surface area contributed by atoms with Crippen LogP contribution in [-0.2, 0) is 26.3 Å². The number of carbonyl (C=O) groups is 1. The van der Waals surface area contributed by atoms with Crippen molar-refractivity contribution in [3.05, 3.63) is 29.6 Å². The first-order chi connectivity index (χ1) is 13.5. The maximum Gasteiger partial charge on any atom is 0.230 e. The highest BCUT2D eigenvalue weighted by molar-refractivity contribution is 5.81. The van der Waals surface area contributed by atoms with E-state index in [9.17, 15) is 4.79 Å². The molecule has 5 rings (SSSR count). The highest BCUT2D eigenvalue weighted by Crippen LogP contribution is 2.42. The topological polar surface area (TPSA) is 93.8 Å². The Morgan fingerprint density at radius 1 is 1.29 bits per heavy atom. The van der Waals surface area contributed by atoms with E-state index in [1.807, 2.05) is 42.2 Å². The summed E-state index contributed by atoms with van der Waals surface area (Å²) in [5.41, 5.74) is 7.97. The smallest absolute Gasteiger partial charge is 0.230 e. The predicted molar refractivity (Wildman–Crippen MR) is 103 cm³/mol. The summed E-state index contributed by atoms with van der Waals surface area (Å²) in [6, 6.07) is -0.250. The fourth-order valence-electron chi connectivity index (χ4n) is 4.94. The molecule has 2 N–H and O–H groups in total. The molecule has 0 radical (unpaired) electrons. The molecule has 1 aromatic heterocycles. The maximum atomic E-state index is 13.1. The van der Waals surface area contributed by atoms with E-state index >= 15 is 0 Å². The molecule has 1 aromatic rings. The van der Waals surface area contributed by atoms with Crippen LogP contribution in [0.1, 0.15) is 24.1 Å². The lowest BCUT2D eigenvalue weighted by Gasteiger charge is -2.45. The van der Waals surface area contributed by atoms with Gasteiger partial charge in [0.05, 0.1) is 30.4 Å². The number of anilines is 1. The van der Waals surface area contributed by atoms with Crippen LogP contribution < -0.4 is 10.6 Å². The van der Waals surface area contributed by atoms with Crippen LogP contribution in [0.15, 0.2) is 18.3 Å². The number of hydrogen-bond acceptors (Lipinski definition) is 7. The van der Waals surface area contributed by atoms with Gasteiger partial charge in [0.15, 0.2) is 0 Å². The van der Waals surface area contributed by atoms with E-state index in [2.05, 4.69) is 4.98 Å². The van der Waals surface area contributed by atoms with E-state index in [1.165, 1.54) is 0 Å². The summed E-state index contributed by atoms with van der Waals surface area (Å²) in [5.74, 6) is 0.525. The fraction of sp³-hybridized carbons (Fsp3) is 0.650. The van der Waals surface area contributed by atoms with Gasteiger partial charge in [-0.25, -0.2) is 9.97 Å². The largest absolute Gasteiger partial charge is 0.368 e. The number of nitrogens with two attached hydrogens (primary N) is 1. The summed E-state index contributed by atoms with van der Waals surface area (Å²) in [4.78, 5) is 26.2. The predicted octanol–water partition coefficient (Wildman–Crippen LogP) is 0.214. The van der Waals surface area contributed by atoms with Gasteiger partial charge < -0.3 is 25.0 Å². The van der Waals surface area contributed by atoms with Gasteiger partial charge in [-0.15, -0.1) is 0 Å². The minimum Gasteiger partial charge on any atom is -0.368 e. The molecule has 0 unspecified atom stereocenters. The summed E-state index contributed by atoms with van der Waals surface area (Å²) in [5, 5.41) is 0. The van der Waals surface area contributed by atoms with E-state index in [-0.39, 0.29) is 30.1 Å². The molecule has 4 aliphatic rings. The SMILES string of the molecule is CN(C)c1ncc2c(n1)C1(CCN(C(=O)[C@H]3[C@@H](N)[C@@H]4C=C[C@H]3O4)CC1)OCC2. The molecule has 4 aliphatic heterocycles. The Morgan fingerprint density at radius 3 is 2.71 bits per heavy atom. The first-order valence-corrected chi connectivity index (χ1v) is 10.0. The molecule has 8 nitrogen and oxygen atoms in total. The third kappa shape index (κ3) is 2.66. The molecule has 2 saturated heterocycles. The molecule has 150 valence electrons. The highest BCUT2D eigenvalue weighted by atomic mass is 16.5. The lowest BCUT2D eigenvalue weighted by molar-refractivity contribution is -0.146. The molecular formula is C20H27N5O3. The molecule has 4 atom stereocenters. The third-order valence-corrected chi connectivity index (χ3v) is 6.55. The van der Waals surface area contributed by atoms with Gasteiger partial charge in [0, 0.05) is 39.4 Å². The minimum absolute atomic E-state index is 0.104. The zero-order valence-electron chi connectivity index (χ0n) is 16.4. The number of amides is 1. The Balaban J connectivity index is 1.34. The van der Waals surface area contributed by atoms with Crippen molar-refractivity contribution < 1.29 is 14.3 Å². The van der Waals surface area contributed by atoms with Gasteiger partial charge in [-0.3, -0.25) is 4.79 Å². The second kappa shape index (κ2) is 6.50. The van der Waals surface area contributed by atoms with Crippen molar-refractivity contribution in [2.75, 3.05) is 38.7 Å². The lowest BCUT2D eigenvalue weighted by Crippen LogP contribution is -2.53. The molecule has 0 saturated carbocycles. The number of rotatable bonds is 2. The summed E-state index contributed by atoms with van der Waals surface area (Å²) in [7, 11) is 3.88. The van der Waals surface area contributed by atoms with E-state index in [0.717, 1.165) is 30.5 Å². The average Bonchev–Trinajstić information content (AvgIpc) is 3.29. The molecule has 8 heteroatoms. The number of carbonyl (C=O) groups excluding carboxylic acids is 1. The number of piperidine rings is 1. The van der Waals surface area contributed by atoms with E-state index < -0.39 is 5.60 Å². The van der Waals surface area contributed by atoms with E-state index in [1.54, 1.807) is 0 Å². The second-order valence-electron chi connectivity index (χ2n) is 8.41. The minimum atomic E-state index is -0.425. The molecule has 0 aliphatic carbocycles.